The number of methoxy groups -OCH3 is 1. The standard InChI is InChI=1S/C21H20ClNO4/c1-25-19-6-2-3-7-20(19)27-15-21(24)23(14-18-5-4-12-26-18)13-16-8-10-17(22)11-9-16/h2-12H,13-15H2,1H3. The molecule has 6 heteroatoms. The fourth-order valence-electron chi connectivity index (χ4n) is 2.60. The monoisotopic (exact) mass is 385 g/mol. The molecule has 0 unspecified atom stereocenters. The van der Waals surface area contributed by atoms with E-state index in [2.05, 4.69) is 0 Å². The Hall–Kier alpha value is -2.92. The van der Waals surface area contributed by atoms with Gasteiger partial charge >= 0.3 is 0 Å². The number of hydrogen-bond donors (Lipinski definition) is 0. The Labute approximate surface area is 163 Å². The van der Waals surface area contributed by atoms with Crippen LogP contribution < -0.4 is 9.47 Å². The molecule has 0 bridgehead atoms. The van der Waals surface area contributed by atoms with Crippen molar-refractivity contribution in [3.05, 3.63) is 83.3 Å². The van der Waals surface area contributed by atoms with E-state index in [4.69, 9.17) is 25.5 Å². The topological polar surface area (TPSA) is 51.9 Å². The number of para-hydroxylation sites is 2. The molecule has 2 aromatic carbocycles. The summed E-state index contributed by atoms with van der Waals surface area (Å²) in [7, 11) is 1.56. The summed E-state index contributed by atoms with van der Waals surface area (Å²) in [6.45, 7) is 0.671. The Morgan fingerprint density at radius 1 is 1.00 bits per heavy atom. The molecule has 3 rings (SSSR count). The van der Waals surface area contributed by atoms with Crippen LogP contribution in [0.3, 0.4) is 0 Å². The molecule has 27 heavy (non-hydrogen) atoms. The number of carbonyl (C=O) groups excluding carboxylic acids is 1. The highest BCUT2D eigenvalue weighted by Gasteiger charge is 2.17. The zero-order valence-corrected chi connectivity index (χ0v) is 15.7. The van der Waals surface area contributed by atoms with E-state index in [1.165, 1.54) is 0 Å². The zero-order chi connectivity index (χ0) is 19.1. The number of ether oxygens (including phenoxy) is 2. The van der Waals surface area contributed by atoms with Gasteiger partial charge in [-0.05, 0) is 42.0 Å². The molecule has 140 valence electrons. The SMILES string of the molecule is COc1ccccc1OCC(=O)N(Cc1ccc(Cl)cc1)Cc1ccco1. The van der Waals surface area contributed by atoms with E-state index >= 15 is 0 Å². The molecule has 0 aliphatic heterocycles. The van der Waals surface area contributed by atoms with Crippen molar-refractivity contribution in [1.82, 2.24) is 4.90 Å². The van der Waals surface area contributed by atoms with Gasteiger partial charge in [0.15, 0.2) is 18.1 Å². The summed E-state index contributed by atoms with van der Waals surface area (Å²) >= 11 is 5.94. The smallest absolute Gasteiger partial charge is 0.261 e. The molecular weight excluding hydrogens is 366 g/mol. The maximum Gasteiger partial charge on any atom is 0.261 e. The predicted molar refractivity (Wildman–Crippen MR) is 103 cm³/mol. The van der Waals surface area contributed by atoms with Crippen molar-refractivity contribution >= 4 is 17.5 Å². The number of carbonyl (C=O) groups is 1. The minimum Gasteiger partial charge on any atom is -0.493 e. The van der Waals surface area contributed by atoms with Crippen molar-refractivity contribution < 1.29 is 18.7 Å². The van der Waals surface area contributed by atoms with Gasteiger partial charge in [-0.1, -0.05) is 35.9 Å². The minimum atomic E-state index is -0.160. The fraction of sp³-hybridized carbons (Fsp3) is 0.190. The van der Waals surface area contributed by atoms with Crippen molar-refractivity contribution in [3.63, 3.8) is 0 Å². The lowest BCUT2D eigenvalue weighted by Crippen LogP contribution is -2.34. The maximum absolute atomic E-state index is 12.8. The third kappa shape index (κ3) is 5.28. The molecular formula is C21H20ClNO4. The van der Waals surface area contributed by atoms with Crippen LogP contribution >= 0.6 is 11.6 Å². The second kappa shape index (κ2) is 9.14. The third-order valence-electron chi connectivity index (χ3n) is 3.99. The molecule has 5 nitrogen and oxygen atoms in total. The van der Waals surface area contributed by atoms with E-state index in [-0.39, 0.29) is 12.5 Å². The van der Waals surface area contributed by atoms with E-state index < -0.39 is 0 Å². The normalized spacial score (nSPS) is 10.4. The Bertz CT molecular complexity index is 862. The lowest BCUT2D eigenvalue weighted by Gasteiger charge is -2.22. The Kier molecular flexibility index (Phi) is 6.39. The van der Waals surface area contributed by atoms with Crippen molar-refractivity contribution in [2.24, 2.45) is 0 Å². The third-order valence-corrected chi connectivity index (χ3v) is 4.24. The molecule has 1 aromatic heterocycles. The summed E-state index contributed by atoms with van der Waals surface area (Å²) in [6, 6.07) is 18.3. The molecule has 0 atom stereocenters. The van der Waals surface area contributed by atoms with Gasteiger partial charge in [-0.2, -0.15) is 0 Å². The largest absolute Gasteiger partial charge is 0.493 e. The van der Waals surface area contributed by atoms with Gasteiger partial charge in [0.1, 0.15) is 5.76 Å². The summed E-state index contributed by atoms with van der Waals surface area (Å²) in [5, 5.41) is 0.655. The first-order valence-corrected chi connectivity index (χ1v) is 8.84. The number of rotatable bonds is 8. The van der Waals surface area contributed by atoms with Gasteiger partial charge in [0, 0.05) is 11.6 Å². The number of hydrogen-bond acceptors (Lipinski definition) is 4. The number of furan rings is 1. The van der Waals surface area contributed by atoms with Gasteiger partial charge in [-0.15, -0.1) is 0 Å². The summed E-state index contributed by atoms with van der Waals surface area (Å²) in [4.78, 5) is 14.5. The Morgan fingerprint density at radius 2 is 1.74 bits per heavy atom. The summed E-state index contributed by atoms with van der Waals surface area (Å²) in [5.41, 5.74) is 0.969. The maximum atomic E-state index is 12.8. The van der Waals surface area contributed by atoms with Gasteiger partial charge in [0.05, 0.1) is 19.9 Å². The number of benzene rings is 2. The van der Waals surface area contributed by atoms with Gasteiger partial charge in [0.25, 0.3) is 5.91 Å². The molecule has 0 radical (unpaired) electrons. The molecule has 0 saturated heterocycles. The van der Waals surface area contributed by atoms with Crippen molar-refractivity contribution in [3.8, 4) is 11.5 Å². The van der Waals surface area contributed by atoms with Crippen LogP contribution in [0.1, 0.15) is 11.3 Å². The van der Waals surface area contributed by atoms with Crippen molar-refractivity contribution in [2.75, 3.05) is 13.7 Å². The van der Waals surface area contributed by atoms with Gasteiger partial charge in [-0.3, -0.25) is 4.79 Å². The molecule has 0 saturated carbocycles. The van der Waals surface area contributed by atoms with Crippen LogP contribution in [-0.4, -0.2) is 24.5 Å². The molecule has 3 aromatic rings. The van der Waals surface area contributed by atoms with E-state index in [1.807, 2.05) is 30.3 Å². The Balaban J connectivity index is 1.70. The van der Waals surface area contributed by atoms with Crippen molar-refractivity contribution in [1.29, 1.82) is 0 Å². The van der Waals surface area contributed by atoms with E-state index in [0.717, 1.165) is 5.56 Å². The van der Waals surface area contributed by atoms with E-state index in [9.17, 15) is 4.79 Å². The van der Waals surface area contributed by atoms with Gasteiger partial charge in [0.2, 0.25) is 0 Å². The summed E-state index contributed by atoms with van der Waals surface area (Å²) < 4.78 is 16.3. The van der Waals surface area contributed by atoms with Crippen molar-refractivity contribution in [2.45, 2.75) is 13.1 Å². The molecule has 1 heterocycles. The van der Waals surface area contributed by atoms with E-state index in [0.29, 0.717) is 35.4 Å². The second-order valence-electron chi connectivity index (χ2n) is 5.90. The van der Waals surface area contributed by atoms with Crippen LogP contribution in [-0.2, 0) is 17.9 Å². The number of nitrogens with zero attached hydrogens (tertiary/aromatic N) is 1. The number of halogens is 1. The summed E-state index contributed by atoms with van der Waals surface area (Å²) in [5.74, 6) is 1.65. The lowest BCUT2D eigenvalue weighted by atomic mass is 10.2. The predicted octanol–water partition coefficient (Wildman–Crippen LogP) is 4.55. The van der Waals surface area contributed by atoms with Crippen LogP contribution in [0.5, 0.6) is 11.5 Å². The van der Waals surface area contributed by atoms with Crippen LogP contribution in [0.2, 0.25) is 5.02 Å². The molecule has 0 N–H and O–H groups in total. The first kappa shape index (κ1) is 18.9. The van der Waals surface area contributed by atoms with Crippen LogP contribution in [0.4, 0.5) is 0 Å². The van der Waals surface area contributed by atoms with Gasteiger partial charge < -0.3 is 18.8 Å². The highest BCUT2D eigenvalue weighted by Crippen LogP contribution is 2.26. The quantitative estimate of drug-likeness (QED) is 0.570. The first-order chi connectivity index (χ1) is 13.2. The molecule has 0 fully saturated rings. The highest BCUT2D eigenvalue weighted by atomic mass is 35.5. The molecule has 0 aliphatic rings. The zero-order valence-electron chi connectivity index (χ0n) is 14.9. The Morgan fingerprint density at radius 3 is 2.41 bits per heavy atom. The van der Waals surface area contributed by atoms with Crippen LogP contribution in [0.15, 0.2) is 71.3 Å². The van der Waals surface area contributed by atoms with E-state index in [1.54, 1.807) is 48.6 Å². The second-order valence-corrected chi connectivity index (χ2v) is 6.33. The highest BCUT2D eigenvalue weighted by molar-refractivity contribution is 6.30. The molecule has 0 aliphatic carbocycles. The lowest BCUT2D eigenvalue weighted by molar-refractivity contribution is -0.134. The van der Waals surface area contributed by atoms with Crippen LogP contribution in [0, 0.1) is 0 Å². The van der Waals surface area contributed by atoms with Crippen LogP contribution in [0.25, 0.3) is 0 Å². The fourth-order valence-corrected chi connectivity index (χ4v) is 2.73. The first-order valence-electron chi connectivity index (χ1n) is 8.46. The summed E-state index contributed by atoms with van der Waals surface area (Å²) in [6.07, 6.45) is 1.59. The molecule has 1 amide bonds. The molecule has 0 spiro atoms. The average Bonchev–Trinajstić information content (AvgIpc) is 3.20. The minimum absolute atomic E-state index is 0.103. The van der Waals surface area contributed by atoms with Gasteiger partial charge in [-0.25, -0.2) is 0 Å². The number of amides is 1. The average molecular weight is 386 g/mol.